The van der Waals surface area contributed by atoms with Crippen molar-refractivity contribution in [3.05, 3.63) is 64.7 Å². The Bertz CT molecular complexity index is 753. The van der Waals surface area contributed by atoms with Gasteiger partial charge in [-0.3, -0.25) is 9.69 Å². The molecule has 1 atom stereocenters. The van der Waals surface area contributed by atoms with Crippen LogP contribution in [0.4, 0.5) is 5.69 Å². The summed E-state index contributed by atoms with van der Waals surface area (Å²) < 4.78 is 0. The highest BCUT2D eigenvalue weighted by Gasteiger charge is 2.32. The SMILES string of the molecule is Cc1ccc(N2CCN(Cc3ccccc3C)[C@H](C)C2=O)cc1C. The Hall–Kier alpha value is -2.13. The number of hydrogen-bond acceptors (Lipinski definition) is 2. The Morgan fingerprint density at radius 1 is 0.958 bits per heavy atom. The van der Waals surface area contributed by atoms with Crippen LogP contribution < -0.4 is 4.90 Å². The summed E-state index contributed by atoms with van der Waals surface area (Å²) in [5.74, 6) is 0.193. The Kier molecular flexibility index (Phi) is 4.72. The number of piperazine rings is 1. The van der Waals surface area contributed by atoms with Crippen LogP contribution in [-0.4, -0.2) is 29.9 Å². The Balaban J connectivity index is 1.76. The molecule has 1 fully saturated rings. The van der Waals surface area contributed by atoms with Crippen LogP contribution in [0.3, 0.4) is 0 Å². The molecule has 126 valence electrons. The van der Waals surface area contributed by atoms with E-state index < -0.39 is 0 Å². The molecular formula is C21H26N2O. The average molecular weight is 322 g/mol. The van der Waals surface area contributed by atoms with Gasteiger partial charge in [0, 0.05) is 25.3 Å². The van der Waals surface area contributed by atoms with E-state index in [-0.39, 0.29) is 11.9 Å². The maximum atomic E-state index is 12.9. The van der Waals surface area contributed by atoms with Gasteiger partial charge in [0.15, 0.2) is 0 Å². The van der Waals surface area contributed by atoms with Crippen LogP contribution in [0.15, 0.2) is 42.5 Å². The maximum absolute atomic E-state index is 12.9. The fourth-order valence-electron chi connectivity index (χ4n) is 3.29. The lowest BCUT2D eigenvalue weighted by Gasteiger charge is -2.39. The van der Waals surface area contributed by atoms with Gasteiger partial charge >= 0.3 is 0 Å². The van der Waals surface area contributed by atoms with Crippen LogP contribution in [0.1, 0.15) is 29.2 Å². The third-order valence-electron chi connectivity index (χ3n) is 5.22. The molecule has 0 spiro atoms. The number of anilines is 1. The van der Waals surface area contributed by atoms with Gasteiger partial charge in [0.2, 0.25) is 5.91 Å². The van der Waals surface area contributed by atoms with Crippen LogP contribution >= 0.6 is 0 Å². The van der Waals surface area contributed by atoms with Crippen molar-refractivity contribution in [2.24, 2.45) is 0 Å². The lowest BCUT2D eigenvalue weighted by atomic mass is 10.0. The molecule has 0 radical (unpaired) electrons. The quantitative estimate of drug-likeness (QED) is 0.857. The van der Waals surface area contributed by atoms with E-state index in [1.54, 1.807) is 0 Å². The number of benzene rings is 2. The molecule has 1 amide bonds. The van der Waals surface area contributed by atoms with Gasteiger partial charge in [-0.1, -0.05) is 30.3 Å². The number of nitrogens with zero attached hydrogens (tertiary/aromatic N) is 2. The Morgan fingerprint density at radius 3 is 2.42 bits per heavy atom. The summed E-state index contributed by atoms with van der Waals surface area (Å²) in [6, 6.07) is 14.6. The fourth-order valence-corrected chi connectivity index (χ4v) is 3.29. The summed E-state index contributed by atoms with van der Waals surface area (Å²) in [4.78, 5) is 17.1. The summed E-state index contributed by atoms with van der Waals surface area (Å²) in [5, 5.41) is 0. The maximum Gasteiger partial charge on any atom is 0.244 e. The van der Waals surface area contributed by atoms with Crippen LogP contribution in [0.2, 0.25) is 0 Å². The largest absolute Gasteiger partial charge is 0.310 e. The van der Waals surface area contributed by atoms with Crippen LogP contribution in [0.25, 0.3) is 0 Å². The predicted molar refractivity (Wildman–Crippen MR) is 99.3 cm³/mol. The standard InChI is InChI=1S/C21H26N2O/c1-15-9-10-20(13-17(15)3)23-12-11-22(18(4)21(23)24)14-19-8-6-5-7-16(19)2/h5-10,13,18H,11-12,14H2,1-4H3/t18-/m1/s1. The molecule has 0 bridgehead atoms. The molecule has 1 saturated heterocycles. The molecule has 2 aromatic rings. The predicted octanol–water partition coefficient (Wildman–Crippen LogP) is 3.85. The lowest BCUT2D eigenvalue weighted by molar-refractivity contribution is -0.125. The van der Waals surface area contributed by atoms with E-state index in [2.05, 4.69) is 68.1 Å². The second-order valence-corrected chi connectivity index (χ2v) is 6.83. The molecule has 0 unspecified atom stereocenters. The molecule has 3 rings (SSSR count). The summed E-state index contributed by atoms with van der Waals surface area (Å²) in [5.41, 5.74) is 6.10. The highest BCUT2D eigenvalue weighted by Crippen LogP contribution is 2.24. The third kappa shape index (κ3) is 3.22. The molecule has 3 nitrogen and oxygen atoms in total. The Morgan fingerprint density at radius 2 is 1.71 bits per heavy atom. The molecule has 2 aromatic carbocycles. The molecule has 1 aliphatic heterocycles. The van der Waals surface area contributed by atoms with Crippen molar-refractivity contribution in [2.45, 2.75) is 40.3 Å². The number of rotatable bonds is 3. The summed E-state index contributed by atoms with van der Waals surface area (Å²) in [6.45, 7) is 10.8. The average Bonchev–Trinajstić information content (AvgIpc) is 2.57. The van der Waals surface area contributed by atoms with Crippen molar-refractivity contribution < 1.29 is 4.79 Å². The van der Waals surface area contributed by atoms with Crippen molar-refractivity contribution in [1.82, 2.24) is 4.90 Å². The highest BCUT2D eigenvalue weighted by atomic mass is 16.2. The zero-order valence-corrected chi connectivity index (χ0v) is 15.0. The van der Waals surface area contributed by atoms with Gasteiger partial charge in [-0.15, -0.1) is 0 Å². The molecule has 0 saturated carbocycles. The third-order valence-corrected chi connectivity index (χ3v) is 5.22. The molecular weight excluding hydrogens is 296 g/mol. The van der Waals surface area contributed by atoms with Crippen molar-refractivity contribution >= 4 is 11.6 Å². The number of carbonyl (C=O) groups excluding carboxylic acids is 1. The minimum Gasteiger partial charge on any atom is -0.310 e. The van der Waals surface area contributed by atoms with Crippen LogP contribution in [-0.2, 0) is 11.3 Å². The van der Waals surface area contributed by atoms with E-state index in [4.69, 9.17) is 0 Å². The van der Waals surface area contributed by atoms with Crippen LogP contribution in [0, 0.1) is 20.8 Å². The molecule has 3 heteroatoms. The molecule has 24 heavy (non-hydrogen) atoms. The second kappa shape index (κ2) is 6.78. The zero-order chi connectivity index (χ0) is 17.3. The highest BCUT2D eigenvalue weighted by molar-refractivity contribution is 5.97. The Labute approximate surface area is 144 Å². The second-order valence-electron chi connectivity index (χ2n) is 6.83. The monoisotopic (exact) mass is 322 g/mol. The van der Waals surface area contributed by atoms with Gasteiger partial charge in [0.25, 0.3) is 0 Å². The van der Waals surface area contributed by atoms with E-state index in [0.717, 1.165) is 25.3 Å². The van der Waals surface area contributed by atoms with Gasteiger partial charge in [-0.2, -0.15) is 0 Å². The van der Waals surface area contributed by atoms with Crippen molar-refractivity contribution in [1.29, 1.82) is 0 Å². The van der Waals surface area contributed by atoms with Gasteiger partial charge in [-0.05, 0) is 62.1 Å². The fraction of sp³-hybridized carbons (Fsp3) is 0.381. The van der Waals surface area contributed by atoms with E-state index in [1.165, 1.54) is 22.3 Å². The zero-order valence-electron chi connectivity index (χ0n) is 15.0. The first-order valence-corrected chi connectivity index (χ1v) is 8.64. The van der Waals surface area contributed by atoms with Gasteiger partial charge in [-0.25, -0.2) is 0 Å². The molecule has 0 N–H and O–H groups in total. The minimum absolute atomic E-state index is 0.0973. The normalized spacial score (nSPS) is 18.9. The van der Waals surface area contributed by atoms with E-state index in [1.807, 2.05) is 11.8 Å². The topological polar surface area (TPSA) is 23.6 Å². The van der Waals surface area contributed by atoms with Gasteiger partial charge in [0.05, 0.1) is 6.04 Å². The summed E-state index contributed by atoms with van der Waals surface area (Å²) in [6.07, 6.45) is 0. The number of hydrogen-bond donors (Lipinski definition) is 0. The molecule has 1 aliphatic rings. The molecule has 0 aliphatic carbocycles. The van der Waals surface area contributed by atoms with Gasteiger partial charge < -0.3 is 4.90 Å². The van der Waals surface area contributed by atoms with Gasteiger partial charge in [0.1, 0.15) is 0 Å². The van der Waals surface area contributed by atoms with E-state index in [9.17, 15) is 4.79 Å². The number of amides is 1. The molecule has 0 aromatic heterocycles. The first kappa shape index (κ1) is 16.7. The lowest BCUT2D eigenvalue weighted by Crippen LogP contribution is -2.55. The van der Waals surface area contributed by atoms with E-state index >= 15 is 0 Å². The molecule has 1 heterocycles. The summed E-state index contributed by atoms with van der Waals surface area (Å²) in [7, 11) is 0. The van der Waals surface area contributed by atoms with Crippen LogP contribution in [0.5, 0.6) is 0 Å². The van der Waals surface area contributed by atoms with Crippen molar-refractivity contribution in [3.63, 3.8) is 0 Å². The number of aryl methyl sites for hydroxylation is 3. The number of carbonyl (C=O) groups is 1. The van der Waals surface area contributed by atoms with Crippen molar-refractivity contribution in [2.75, 3.05) is 18.0 Å². The first-order chi connectivity index (χ1) is 11.5. The minimum atomic E-state index is -0.0973. The van der Waals surface area contributed by atoms with Crippen molar-refractivity contribution in [3.8, 4) is 0 Å². The first-order valence-electron chi connectivity index (χ1n) is 8.64. The van der Waals surface area contributed by atoms with E-state index in [0.29, 0.717) is 0 Å². The smallest absolute Gasteiger partial charge is 0.244 e. The summed E-state index contributed by atoms with van der Waals surface area (Å²) >= 11 is 0.